The number of rotatable bonds is 6. The molecule has 1 heterocycles. The fraction of sp³-hybridized carbons (Fsp3) is 0.467. The zero-order valence-electron chi connectivity index (χ0n) is 13.6. The highest BCUT2D eigenvalue weighted by atomic mass is 35.5. The zero-order chi connectivity index (χ0) is 18.6. The summed E-state index contributed by atoms with van der Waals surface area (Å²) in [7, 11) is -3.18. The molecule has 2 rings (SSSR count). The van der Waals surface area contributed by atoms with Gasteiger partial charge in [0.1, 0.15) is 6.04 Å². The quantitative estimate of drug-likeness (QED) is 0.741. The van der Waals surface area contributed by atoms with Crippen LogP contribution >= 0.6 is 23.2 Å². The van der Waals surface area contributed by atoms with E-state index in [4.69, 9.17) is 23.2 Å². The molecule has 1 unspecified atom stereocenters. The van der Waals surface area contributed by atoms with Crippen LogP contribution in [0, 0.1) is 0 Å². The van der Waals surface area contributed by atoms with E-state index in [-0.39, 0.29) is 34.5 Å². The predicted molar refractivity (Wildman–Crippen MR) is 96.4 cm³/mol. The Kier molecular flexibility index (Phi) is 6.67. The van der Waals surface area contributed by atoms with Crippen LogP contribution in [0.3, 0.4) is 0 Å². The van der Waals surface area contributed by atoms with Crippen molar-refractivity contribution < 1.29 is 18.0 Å². The van der Waals surface area contributed by atoms with Gasteiger partial charge < -0.3 is 10.6 Å². The van der Waals surface area contributed by atoms with Crippen molar-refractivity contribution in [2.75, 3.05) is 25.4 Å². The molecule has 10 heteroatoms. The van der Waals surface area contributed by atoms with E-state index < -0.39 is 27.9 Å². The van der Waals surface area contributed by atoms with Gasteiger partial charge in [-0.15, -0.1) is 0 Å². The van der Waals surface area contributed by atoms with Gasteiger partial charge in [0.25, 0.3) is 5.91 Å². The highest BCUT2D eigenvalue weighted by molar-refractivity contribution is 7.89. The molecule has 25 heavy (non-hydrogen) atoms. The summed E-state index contributed by atoms with van der Waals surface area (Å²) in [6.07, 6.45) is 0.600. The molecule has 2 N–H and O–H groups in total. The minimum atomic E-state index is -3.18. The van der Waals surface area contributed by atoms with Gasteiger partial charge in [0.15, 0.2) is 0 Å². The van der Waals surface area contributed by atoms with Gasteiger partial charge in [0.2, 0.25) is 15.9 Å². The van der Waals surface area contributed by atoms with E-state index in [2.05, 4.69) is 10.6 Å². The number of amides is 2. The molecule has 0 spiro atoms. The fourth-order valence-electron chi connectivity index (χ4n) is 2.42. The summed E-state index contributed by atoms with van der Waals surface area (Å²) in [4.78, 5) is 24.2. The Morgan fingerprint density at radius 3 is 2.68 bits per heavy atom. The maximum absolute atomic E-state index is 12.2. The average Bonchev–Trinajstić information content (AvgIpc) is 2.88. The summed E-state index contributed by atoms with van der Waals surface area (Å²) in [5.74, 6) is -0.784. The van der Waals surface area contributed by atoms with Crippen LogP contribution in [-0.4, -0.2) is 56.0 Å². The molecule has 0 aliphatic carbocycles. The van der Waals surface area contributed by atoms with Crippen molar-refractivity contribution in [2.45, 2.75) is 19.4 Å². The maximum atomic E-state index is 12.2. The van der Waals surface area contributed by atoms with Crippen LogP contribution in [0.2, 0.25) is 10.0 Å². The van der Waals surface area contributed by atoms with Gasteiger partial charge in [-0.3, -0.25) is 9.59 Å². The number of nitrogens with zero attached hydrogens (tertiary/aromatic N) is 1. The van der Waals surface area contributed by atoms with Gasteiger partial charge in [-0.05, 0) is 25.5 Å². The first-order valence-electron chi connectivity index (χ1n) is 7.73. The van der Waals surface area contributed by atoms with Crippen molar-refractivity contribution in [2.24, 2.45) is 0 Å². The van der Waals surface area contributed by atoms with Gasteiger partial charge in [0, 0.05) is 19.6 Å². The first-order valence-corrected chi connectivity index (χ1v) is 10.1. The summed E-state index contributed by atoms with van der Waals surface area (Å²) in [6, 6.07) is 3.85. The highest BCUT2D eigenvalue weighted by Gasteiger charge is 2.27. The highest BCUT2D eigenvalue weighted by Crippen LogP contribution is 2.25. The van der Waals surface area contributed by atoms with Crippen molar-refractivity contribution >= 4 is 45.0 Å². The molecule has 1 aliphatic heterocycles. The second-order valence-corrected chi connectivity index (χ2v) is 8.53. The first kappa shape index (κ1) is 20.0. The normalized spacial score (nSPS) is 17.9. The monoisotopic (exact) mass is 407 g/mol. The minimum Gasteiger partial charge on any atom is -0.353 e. The molecule has 1 fully saturated rings. The Morgan fingerprint density at radius 2 is 2.04 bits per heavy atom. The van der Waals surface area contributed by atoms with E-state index in [1.807, 2.05) is 0 Å². The molecule has 0 bridgehead atoms. The minimum absolute atomic E-state index is 0.119. The number of halogens is 2. The number of carbonyl (C=O) groups excluding carboxylic acids is 2. The summed E-state index contributed by atoms with van der Waals surface area (Å²) < 4.78 is 24.7. The molecule has 0 aromatic heterocycles. The number of carbonyl (C=O) groups is 2. The molecule has 1 saturated heterocycles. The van der Waals surface area contributed by atoms with Gasteiger partial charge >= 0.3 is 0 Å². The standard InChI is InChI=1S/C15H19Cl2N3O4S/c1-10(19-15(22)11-4-2-5-12(16)13(11)17)14(21)18-6-8-20-7-3-9-25(20,23)24/h2,4-5,10H,3,6-9H2,1H3,(H,18,21)(H,19,22). The predicted octanol–water partition coefficient (Wildman–Crippen LogP) is 1.26. The number of nitrogens with one attached hydrogen (secondary N) is 2. The van der Waals surface area contributed by atoms with Crippen LogP contribution < -0.4 is 10.6 Å². The molecular weight excluding hydrogens is 389 g/mol. The van der Waals surface area contributed by atoms with Crippen LogP contribution in [-0.2, 0) is 14.8 Å². The smallest absolute Gasteiger partial charge is 0.253 e. The number of hydrogen-bond donors (Lipinski definition) is 2. The first-order chi connectivity index (χ1) is 11.7. The molecule has 7 nitrogen and oxygen atoms in total. The van der Waals surface area contributed by atoms with Crippen LogP contribution in [0.25, 0.3) is 0 Å². The molecule has 0 radical (unpaired) electrons. The Labute approximate surface area is 156 Å². The van der Waals surface area contributed by atoms with Gasteiger partial charge in [0.05, 0.1) is 21.4 Å². The molecule has 138 valence electrons. The van der Waals surface area contributed by atoms with Crippen LogP contribution in [0.4, 0.5) is 0 Å². The van der Waals surface area contributed by atoms with Crippen LogP contribution in [0.5, 0.6) is 0 Å². The second kappa shape index (κ2) is 8.35. The Hall–Kier alpha value is -1.35. The molecule has 0 saturated carbocycles. The Balaban J connectivity index is 1.84. The van der Waals surface area contributed by atoms with E-state index in [0.717, 1.165) is 0 Å². The van der Waals surface area contributed by atoms with Crippen molar-refractivity contribution in [3.8, 4) is 0 Å². The van der Waals surface area contributed by atoms with Crippen molar-refractivity contribution in [3.05, 3.63) is 33.8 Å². The Morgan fingerprint density at radius 1 is 1.32 bits per heavy atom. The maximum Gasteiger partial charge on any atom is 0.253 e. The molecule has 1 aliphatic rings. The lowest BCUT2D eigenvalue weighted by Crippen LogP contribution is -2.46. The van der Waals surface area contributed by atoms with E-state index >= 15 is 0 Å². The lowest BCUT2D eigenvalue weighted by Gasteiger charge is -2.17. The van der Waals surface area contributed by atoms with Gasteiger partial charge in [-0.25, -0.2) is 12.7 Å². The summed E-state index contributed by atoms with van der Waals surface area (Å²) in [5, 5.41) is 5.51. The average molecular weight is 408 g/mol. The fourth-order valence-corrected chi connectivity index (χ4v) is 4.33. The molecular formula is C15H19Cl2N3O4S. The van der Waals surface area contributed by atoms with Gasteiger partial charge in [-0.2, -0.15) is 0 Å². The molecule has 1 atom stereocenters. The summed E-state index contributed by atoms with van der Waals surface area (Å²) in [5.41, 5.74) is 0.178. The van der Waals surface area contributed by atoms with E-state index in [0.29, 0.717) is 13.0 Å². The topological polar surface area (TPSA) is 95.6 Å². The third kappa shape index (κ3) is 5.07. The van der Waals surface area contributed by atoms with Crippen LogP contribution in [0.15, 0.2) is 18.2 Å². The molecule has 1 aromatic carbocycles. The third-order valence-electron chi connectivity index (χ3n) is 3.80. The number of hydrogen-bond acceptors (Lipinski definition) is 4. The van der Waals surface area contributed by atoms with Crippen molar-refractivity contribution in [3.63, 3.8) is 0 Å². The van der Waals surface area contributed by atoms with E-state index in [9.17, 15) is 18.0 Å². The lowest BCUT2D eigenvalue weighted by atomic mass is 10.2. The van der Waals surface area contributed by atoms with Crippen molar-refractivity contribution in [1.29, 1.82) is 0 Å². The molecule has 2 amide bonds. The SMILES string of the molecule is CC(NC(=O)c1cccc(Cl)c1Cl)C(=O)NCCN1CCCS1(=O)=O. The zero-order valence-corrected chi connectivity index (χ0v) is 15.9. The van der Waals surface area contributed by atoms with Gasteiger partial charge in [-0.1, -0.05) is 29.3 Å². The summed E-state index contributed by atoms with van der Waals surface area (Å²) in [6.45, 7) is 2.39. The Bertz CT molecular complexity index is 770. The number of benzene rings is 1. The summed E-state index contributed by atoms with van der Waals surface area (Å²) >= 11 is 11.8. The lowest BCUT2D eigenvalue weighted by molar-refractivity contribution is -0.122. The van der Waals surface area contributed by atoms with E-state index in [1.54, 1.807) is 12.1 Å². The largest absolute Gasteiger partial charge is 0.353 e. The van der Waals surface area contributed by atoms with Crippen LogP contribution in [0.1, 0.15) is 23.7 Å². The number of sulfonamides is 1. The third-order valence-corrected chi connectivity index (χ3v) is 6.58. The second-order valence-electron chi connectivity index (χ2n) is 5.66. The van der Waals surface area contributed by atoms with E-state index in [1.165, 1.54) is 17.3 Å². The molecule has 1 aromatic rings. The van der Waals surface area contributed by atoms with Crippen molar-refractivity contribution in [1.82, 2.24) is 14.9 Å².